The summed E-state index contributed by atoms with van der Waals surface area (Å²) in [5.74, 6) is 0.544. The van der Waals surface area contributed by atoms with Crippen LogP contribution in [0, 0.1) is 0 Å². The number of benzene rings is 1. The van der Waals surface area contributed by atoms with Crippen LogP contribution in [-0.4, -0.2) is 31.9 Å². The molecule has 3 rings (SSSR count). The van der Waals surface area contributed by atoms with Gasteiger partial charge in [0.2, 0.25) is 5.95 Å². The molecule has 1 aromatic carbocycles. The van der Waals surface area contributed by atoms with Crippen LogP contribution in [0.3, 0.4) is 0 Å². The molecule has 2 aromatic heterocycles. The van der Waals surface area contributed by atoms with Gasteiger partial charge in [-0.2, -0.15) is 10.1 Å². The number of carbonyl (C=O) groups excluding carboxylic acids is 1. The fourth-order valence-corrected chi connectivity index (χ4v) is 3.36. The molecule has 0 atom stereocenters. The first-order chi connectivity index (χ1) is 13.4. The van der Waals surface area contributed by atoms with Crippen LogP contribution >= 0.6 is 11.8 Å². The van der Waals surface area contributed by atoms with Gasteiger partial charge in [-0.15, -0.1) is 11.8 Å². The molecule has 1 amide bonds. The molecule has 8 nitrogen and oxygen atoms in total. The molecule has 0 unspecified atom stereocenters. The molecule has 0 bridgehead atoms. The van der Waals surface area contributed by atoms with Crippen molar-refractivity contribution < 1.29 is 4.79 Å². The summed E-state index contributed by atoms with van der Waals surface area (Å²) in [4.78, 5) is 21.7. The number of hydrogen-bond donors (Lipinski definition) is 3. The highest BCUT2D eigenvalue weighted by atomic mass is 32.2. The lowest BCUT2D eigenvalue weighted by molar-refractivity contribution is 0.1000. The Morgan fingerprint density at radius 3 is 2.57 bits per heavy atom. The molecule has 0 aliphatic rings. The third kappa shape index (κ3) is 4.09. The zero-order chi connectivity index (χ0) is 20.3. The van der Waals surface area contributed by atoms with E-state index in [0.717, 1.165) is 16.9 Å². The Hall–Kier alpha value is -3.07. The standard InChI is InChI=1S/C19H23N7OS/c1-4-5-13-16(17(20)27)18(26(2)25-13)23-15-10-14(22-19(21)24-15)11-6-8-12(28-3)9-7-11/h6-10H,4-5H2,1-3H3,(H2,20,27)(H3,21,22,23,24). The predicted molar refractivity (Wildman–Crippen MR) is 113 cm³/mol. The van der Waals surface area contributed by atoms with Crippen molar-refractivity contribution in [3.05, 3.63) is 41.6 Å². The molecule has 0 aliphatic heterocycles. The molecular formula is C19H23N7OS. The topological polar surface area (TPSA) is 125 Å². The number of hydrogen-bond acceptors (Lipinski definition) is 7. The van der Waals surface area contributed by atoms with Crippen molar-refractivity contribution in [2.75, 3.05) is 17.3 Å². The van der Waals surface area contributed by atoms with E-state index < -0.39 is 5.91 Å². The second-order valence-electron chi connectivity index (χ2n) is 6.26. The first-order valence-electron chi connectivity index (χ1n) is 8.84. The third-order valence-corrected chi connectivity index (χ3v) is 4.97. The second-order valence-corrected chi connectivity index (χ2v) is 7.14. The van der Waals surface area contributed by atoms with E-state index in [1.54, 1.807) is 29.6 Å². The highest BCUT2D eigenvalue weighted by Crippen LogP contribution is 2.27. The molecule has 0 fully saturated rings. The van der Waals surface area contributed by atoms with Gasteiger partial charge in [0.15, 0.2) is 0 Å². The smallest absolute Gasteiger partial charge is 0.254 e. The lowest BCUT2D eigenvalue weighted by Gasteiger charge is -2.10. The Balaban J connectivity index is 1.99. The van der Waals surface area contributed by atoms with E-state index in [4.69, 9.17) is 11.5 Å². The van der Waals surface area contributed by atoms with Gasteiger partial charge < -0.3 is 16.8 Å². The van der Waals surface area contributed by atoms with E-state index in [-0.39, 0.29) is 5.95 Å². The minimum atomic E-state index is -0.533. The first-order valence-corrected chi connectivity index (χ1v) is 10.1. The van der Waals surface area contributed by atoms with Crippen molar-refractivity contribution in [3.63, 3.8) is 0 Å². The molecule has 0 radical (unpaired) electrons. The third-order valence-electron chi connectivity index (χ3n) is 4.23. The highest BCUT2D eigenvalue weighted by Gasteiger charge is 2.21. The van der Waals surface area contributed by atoms with E-state index in [2.05, 4.69) is 20.4 Å². The SMILES string of the molecule is CCCc1nn(C)c(Nc2cc(-c3ccc(SC)cc3)nc(N)n2)c1C(N)=O. The number of rotatable bonds is 7. The maximum absolute atomic E-state index is 12.0. The Labute approximate surface area is 167 Å². The summed E-state index contributed by atoms with van der Waals surface area (Å²) in [6.45, 7) is 2.02. The van der Waals surface area contributed by atoms with Gasteiger partial charge in [0.1, 0.15) is 17.2 Å². The van der Waals surface area contributed by atoms with Crippen molar-refractivity contribution in [2.45, 2.75) is 24.7 Å². The Kier molecular flexibility index (Phi) is 5.84. The number of amides is 1. The van der Waals surface area contributed by atoms with Crippen LogP contribution in [0.25, 0.3) is 11.3 Å². The molecule has 5 N–H and O–H groups in total. The largest absolute Gasteiger partial charge is 0.368 e. The van der Waals surface area contributed by atoms with Gasteiger partial charge in [0.25, 0.3) is 5.91 Å². The van der Waals surface area contributed by atoms with Gasteiger partial charge in [-0.25, -0.2) is 4.98 Å². The Morgan fingerprint density at radius 1 is 1.25 bits per heavy atom. The van der Waals surface area contributed by atoms with Crippen molar-refractivity contribution in [2.24, 2.45) is 12.8 Å². The van der Waals surface area contributed by atoms with Crippen LogP contribution in [0.5, 0.6) is 0 Å². The molecule has 2 heterocycles. The lowest BCUT2D eigenvalue weighted by Crippen LogP contribution is -2.15. The number of nitrogens with two attached hydrogens (primary N) is 2. The quantitative estimate of drug-likeness (QED) is 0.523. The molecule has 28 heavy (non-hydrogen) atoms. The minimum Gasteiger partial charge on any atom is -0.368 e. The number of anilines is 3. The molecule has 0 saturated heterocycles. The summed E-state index contributed by atoms with van der Waals surface area (Å²) in [5, 5.41) is 7.56. The Morgan fingerprint density at radius 2 is 1.96 bits per heavy atom. The number of nitrogens with zero attached hydrogens (tertiary/aromatic N) is 4. The fourth-order valence-electron chi connectivity index (χ4n) is 2.95. The average Bonchev–Trinajstić information content (AvgIpc) is 2.97. The average molecular weight is 398 g/mol. The summed E-state index contributed by atoms with van der Waals surface area (Å²) < 4.78 is 1.59. The maximum atomic E-state index is 12.0. The number of thioether (sulfide) groups is 1. The summed E-state index contributed by atoms with van der Waals surface area (Å²) in [5.41, 5.74) is 14.1. The molecule has 9 heteroatoms. The van der Waals surface area contributed by atoms with Crippen molar-refractivity contribution >= 4 is 35.3 Å². The lowest BCUT2D eigenvalue weighted by atomic mass is 10.1. The van der Waals surface area contributed by atoms with E-state index in [1.807, 2.05) is 37.4 Å². The van der Waals surface area contributed by atoms with Crippen LogP contribution in [-0.2, 0) is 13.5 Å². The number of aryl methyl sites for hydroxylation is 2. The fraction of sp³-hybridized carbons (Fsp3) is 0.263. The normalized spacial score (nSPS) is 10.8. The van der Waals surface area contributed by atoms with E-state index in [1.165, 1.54) is 0 Å². The summed E-state index contributed by atoms with van der Waals surface area (Å²) in [6.07, 6.45) is 3.54. The number of aromatic nitrogens is 4. The van der Waals surface area contributed by atoms with Crippen LogP contribution in [0.2, 0.25) is 0 Å². The van der Waals surface area contributed by atoms with E-state index in [0.29, 0.717) is 35.0 Å². The van der Waals surface area contributed by atoms with Crippen molar-refractivity contribution in [3.8, 4) is 11.3 Å². The van der Waals surface area contributed by atoms with Gasteiger partial charge in [0.05, 0.1) is 11.4 Å². The predicted octanol–water partition coefficient (Wildman–Crippen LogP) is 2.98. The van der Waals surface area contributed by atoms with Gasteiger partial charge in [-0.1, -0.05) is 25.5 Å². The zero-order valence-electron chi connectivity index (χ0n) is 16.1. The molecule has 0 spiro atoms. The molecule has 0 aliphatic carbocycles. The van der Waals surface area contributed by atoms with Crippen LogP contribution < -0.4 is 16.8 Å². The summed E-state index contributed by atoms with van der Waals surface area (Å²) in [6, 6.07) is 9.79. The minimum absolute atomic E-state index is 0.130. The van der Waals surface area contributed by atoms with Crippen molar-refractivity contribution in [1.29, 1.82) is 0 Å². The number of primary amides is 1. The summed E-state index contributed by atoms with van der Waals surface area (Å²) >= 11 is 1.67. The number of nitrogens with one attached hydrogen (secondary N) is 1. The van der Waals surface area contributed by atoms with Gasteiger partial charge in [-0.3, -0.25) is 9.48 Å². The number of carbonyl (C=O) groups is 1. The maximum Gasteiger partial charge on any atom is 0.254 e. The molecular weight excluding hydrogens is 374 g/mol. The first kappa shape index (κ1) is 19.7. The Bertz CT molecular complexity index is 998. The van der Waals surface area contributed by atoms with Gasteiger partial charge >= 0.3 is 0 Å². The highest BCUT2D eigenvalue weighted by molar-refractivity contribution is 7.98. The van der Waals surface area contributed by atoms with E-state index >= 15 is 0 Å². The van der Waals surface area contributed by atoms with Gasteiger partial charge in [-0.05, 0) is 24.8 Å². The monoisotopic (exact) mass is 397 g/mol. The van der Waals surface area contributed by atoms with Crippen LogP contribution in [0.15, 0.2) is 35.2 Å². The van der Waals surface area contributed by atoms with Crippen LogP contribution in [0.4, 0.5) is 17.6 Å². The zero-order valence-corrected chi connectivity index (χ0v) is 16.9. The van der Waals surface area contributed by atoms with E-state index in [9.17, 15) is 4.79 Å². The molecule has 146 valence electrons. The molecule has 0 saturated carbocycles. The molecule has 3 aromatic rings. The van der Waals surface area contributed by atoms with Crippen LogP contribution in [0.1, 0.15) is 29.4 Å². The second kappa shape index (κ2) is 8.30. The van der Waals surface area contributed by atoms with Crippen molar-refractivity contribution in [1.82, 2.24) is 19.7 Å². The van der Waals surface area contributed by atoms with Gasteiger partial charge in [0, 0.05) is 23.6 Å². The summed E-state index contributed by atoms with van der Waals surface area (Å²) in [7, 11) is 1.75. The number of nitrogen functional groups attached to an aromatic ring is 1.